The summed E-state index contributed by atoms with van der Waals surface area (Å²) < 4.78 is 0. The van der Waals surface area contributed by atoms with Crippen LogP contribution in [0.15, 0.2) is 146 Å². The molecule has 0 radical (unpaired) electrons. The Kier molecular flexibility index (Phi) is 12.2. The molecule has 0 spiro atoms. The molecular formula is C53H50N4. The number of fused-ring (bicyclic) bond motifs is 4. The second-order valence-corrected chi connectivity index (χ2v) is 13.6. The first-order chi connectivity index (χ1) is 28.2. The van der Waals surface area contributed by atoms with Crippen molar-refractivity contribution in [1.29, 1.82) is 0 Å². The van der Waals surface area contributed by atoms with Crippen molar-refractivity contribution in [2.24, 2.45) is 0 Å². The highest BCUT2D eigenvalue weighted by atomic mass is 15.0. The Bertz CT molecular complexity index is 2650. The van der Waals surface area contributed by atoms with Gasteiger partial charge in [0.2, 0.25) is 0 Å². The maximum atomic E-state index is 5.13. The molecule has 0 aliphatic heterocycles. The van der Waals surface area contributed by atoms with Crippen LogP contribution in [0, 0.1) is 0 Å². The van der Waals surface area contributed by atoms with Crippen LogP contribution in [-0.4, -0.2) is 19.9 Å². The van der Waals surface area contributed by atoms with Gasteiger partial charge in [0.1, 0.15) is 0 Å². The normalized spacial score (nSPS) is 11.8. The van der Waals surface area contributed by atoms with E-state index in [2.05, 4.69) is 105 Å². The van der Waals surface area contributed by atoms with Crippen LogP contribution in [0.1, 0.15) is 70.2 Å². The van der Waals surface area contributed by atoms with Crippen LogP contribution in [0.4, 0.5) is 0 Å². The minimum Gasteiger partial charge on any atom is -0.256 e. The number of rotatable bonds is 7. The third-order valence-corrected chi connectivity index (χ3v) is 10.3. The number of aromatic nitrogens is 4. The Morgan fingerprint density at radius 3 is 1.84 bits per heavy atom. The zero-order chi connectivity index (χ0) is 39.7. The third-order valence-electron chi connectivity index (χ3n) is 10.3. The number of hydrogen-bond acceptors (Lipinski definition) is 4. The fourth-order valence-electron chi connectivity index (χ4n) is 7.84. The molecule has 1 aliphatic carbocycles. The van der Waals surface area contributed by atoms with Gasteiger partial charge in [0.15, 0.2) is 17.5 Å². The lowest BCUT2D eigenvalue weighted by Gasteiger charge is -2.22. The smallest absolute Gasteiger partial charge is 0.164 e. The van der Waals surface area contributed by atoms with E-state index in [1.165, 1.54) is 33.0 Å². The largest absolute Gasteiger partial charge is 0.256 e. The maximum Gasteiger partial charge on any atom is 0.164 e. The van der Waals surface area contributed by atoms with Gasteiger partial charge < -0.3 is 0 Å². The summed E-state index contributed by atoms with van der Waals surface area (Å²) in [7, 11) is 0. The molecule has 0 saturated carbocycles. The lowest BCUT2D eigenvalue weighted by atomic mass is 9.82. The molecule has 6 aromatic carbocycles. The van der Waals surface area contributed by atoms with Gasteiger partial charge in [-0.2, -0.15) is 0 Å². The first-order valence-corrected chi connectivity index (χ1v) is 20.5. The third kappa shape index (κ3) is 7.81. The van der Waals surface area contributed by atoms with Crippen molar-refractivity contribution in [1.82, 2.24) is 19.9 Å². The van der Waals surface area contributed by atoms with Crippen molar-refractivity contribution in [3.8, 4) is 56.5 Å². The summed E-state index contributed by atoms with van der Waals surface area (Å²) in [6.07, 6.45) is 14.2. The Labute approximate surface area is 337 Å². The topological polar surface area (TPSA) is 51.6 Å². The Hall–Kier alpha value is -6.52. The first-order valence-electron chi connectivity index (χ1n) is 20.5. The van der Waals surface area contributed by atoms with Gasteiger partial charge in [0.05, 0.1) is 5.69 Å². The van der Waals surface area contributed by atoms with E-state index in [0.717, 1.165) is 69.1 Å². The molecule has 0 saturated heterocycles. The predicted molar refractivity (Wildman–Crippen MR) is 244 cm³/mol. The fourth-order valence-corrected chi connectivity index (χ4v) is 7.84. The van der Waals surface area contributed by atoms with Crippen molar-refractivity contribution >= 4 is 33.7 Å². The molecule has 0 unspecified atom stereocenters. The molecule has 0 N–H and O–H groups in total. The molecule has 2 heterocycles. The highest BCUT2D eigenvalue weighted by Gasteiger charge is 2.20. The zero-order valence-electron chi connectivity index (χ0n) is 33.9. The molecule has 0 fully saturated rings. The van der Waals surface area contributed by atoms with E-state index in [9.17, 15) is 0 Å². The summed E-state index contributed by atoms with van der Waals surface area (Å²) in [6.45, 7) is 12.4. The summed E-state index contributed by atoms with van der Waals surface area (Å²) in [5, 5.41) is 4.82. The van der Waals surface area contributed by atoms with Crippen LogP contribution in [0.25, 0.3) is 90.2 Å². The highest BCUT2D eigenvalue weighted by Crippen LogP contribution is 2.40. The number of allylic oxidation sites excluding steroid dienone is 2. The van der Waals surface area contributed by atoms with Gasteiger partial charge in [0, 0.05) is 33.8 Å². The average Bonchev–Trinajstić information content (AvgIpc) is 3.30. The highest BCUT2D eigenvalue weighted by molar-refractivity contribution is 6.02. The van der Waals surface area contributed by atoms with Crippen molar-refractivity contribution in [2.45, 2.75) is 60.8 Å². The van der Waals surface area contributed by atoms with Gasteiger partial charge in [-0.3, -0.25) is 4.98 Å². The minimum atomic E-state index is 0.615. The van der Waals surface area contributed by atoms with Crippen LogP contribution < -0.4 is 0 Å². The minimum absolute atomic E-state index is 0.615. The Morgan fingerprint density at radius 2 is 1.18 bits per heavy atom. The van der Waals surface area contributed by atoms with Crippen LogP contribution in [-0.2, 0) is 12.8 Å². The lowest BCUT2D eigenvalue weighted by molar-refractivity contribution is 0.949. The first kappa shape index (κ1) is 38.7. The van der Waals surface area contributed by atoms with Gasteiger partial charge in [-0.05, 0) is 106 Å². The van der Waals surface area contributed by atoms with E-state index in [1.807, 2.05) is 94.6 Å². The molecule has 282 valence electrons. The molecule has 57 heavy (non-hydrogen) atoms. The lowest BCUT2D eigenvalue weighted by Crippen LogP contribution is -2.04. The molecule has 1 aliphatic rings. The Morgan fingerprint density at radius 1 is 0.561 bits per heavy atom. The second-order valence-electron chi connectivity index (χ2n) is 13.6. The summed E-state index contributed by atoms with van der Waals surface area (Å²) in [4.78, 5) is 20.2. The monoisotopic (exact) mass is 742 g/mol. The molecular weight excluding hydrogens is 693 g/mol. The number of pyridine rings is 1. The van der Waals surface area contributed by atoms with E-state index in [1.54, 1.807) is 0 Å². The van der Waals surface area contributed by atoms with E-state index in [4.69, 9.17) is 19.9 Å². The number of nitrogens with zero attached hydrogens (tertiary/aromatic N) is 4. The molecule has 8 aromatic rings. The van der Waals surface area contributed by atoms with Crippen molar-refractivity contribution < 1.29 is 0 Å². The molecule has 9 rings (SSSR count). The van der Waals surface area contributed by atoms with Crippen LogP contribution in [0.5, 0.6) is 0 Å². The van der Waals surface area contributed by atoms with Gasteiger partial charge in [0.25, 0.3) is 0 Å². The van der Waals surface area contributed by atoms with Gasteiger partial charge in [-0.1, -0.05) is 156 Å². The molecule has 0 bridgehead atoms. The SMILES string of the molecule is C/C=C\c1c(CC)c2c(c3ccc(-c4cc(-c5nc(-c6ccccc6)nc(-c6ccccc6)n5)cc(-c5nccc6ccccc56)c4)cc13)C=CCC2.CC.CC. The molecule has 2 aromatic heterocycles. The van der Waals surface area contributed by atoms with Gasteiger partial charge in [-0.25, -0.2) is 15.0 Å². The van der Waals surface area contributed by atoms with Crippen LogP contribution in [0.3, 0.4) is 0 Å². The molecule has 0 amide bonds. The molecule has 4 nitrogen and oxygen atoms in total. The predicted octanol–water partition coefficient (Wildman–Crippen LogP) is 14.5. The number of benzene rings is 6. The summed E-state index contributed by atoms with van der Waals surface area (Å²) in [5.41, 5.74) is 12.6. The average molecular weight is 743 g/mol. The van der Waals surface area contributed by atoms with Crippen molar-refractivity contribution in [2.75, 3.05) is 0 Å². The fraction of sp³-hybridized carbons (Fsp3) is 0.170. The van der Waals surface area contributed by atoms with Gasteiger partial charge in [-0.15, -0.1) is 0 Å². The van der Waals surface area contributed by atoms with E-state index in [0.29, 0.717) is 17.5 Å². The number of hydrogen-bond donors (Lipinski definition) is 0. The van der Waals surface area contributed by atoms with E-state index >= 15 is 0 Å². The van der Waals surface area contributed by atoms with E-state index < -0.39 is 0 Å². The standard InChI is InChI=1S/C49H38N4.2C2H6/c1-3-15-41-39(4-2)42-22-13-14-23-43(42)44-25-24-35(31-45(41)44)36-28-37(46-40-21-12-11-16-32(40)26-27-50-46)30-38(29-36)49-52-47(33-17-7-5-8-18-33)51-48(53-49)34-19-9-6-10-20-34;2*1-2/h3,5-12,14-21,23-31H,4,13,22H2,1-2H3;2*1-2H3/b15-3-;;. The molecule has 0 atom stereocenters. The quantitative estimate of drug-likeness (QED) is 0.163. The summed E-state index contributed by atoms with van der Waals surface area (Å²) >= 11 is 0. The van der Waals surface area contributed by atoms with E-state index in [-0.39, 0.29) is 0 Å². The molecule has 4 heteroatoms. The maximum absolute atomic E-state index is 5.13. The second kappa shape index (κ2) is 18.0. The summed E-state index contributed by atoms with van der Waals surface area (Å²) in [5.74, 6) is 1.89. The van der Waals surface area contributed by atoms with Crippen molar-refractivity contribution in [3.63, 3.8) is 0 Å². The summed E-state index contributed by atoms with van der Waals surface area (Å²) in [6, 6.07) is 44.4. The zero-order valence-corrected chi connectivity index (χ0v) is 33.9. The van der Waals surface area contributed by atoms with Gasteiger partial charge >= 0.3 is 0 Å². The van der Waals surface area contributed by atoms with Crippen molar-refractivity contribution in [3.05, 3.63) is 168 Å². The Balaban J connectivity index is 0.00000120. The van der Waals surface area contributed by atoms with Crippen LogP contribution in [0.2, 0.25) is 0 Å². The van der Waals surface area contributed by atoms with Crippen LogP contribution >= 0.6 is 0 Å².